The van der Waals surface area contributed by atoms with E-state index in [9.17, 15) is 13.2 Å². The molecule has 0 spiro atoms. The number of nitrogens with one attached hydrogen (secondary N) is 1. The first-order chi connectivity index (χ1) is 9.00. The molecule has 1 saturated heterocycles. The molecule has 1 aromatic heterocycles. The van der Waals surface area contributed by atoms with Gasteiger partial charge in [-0.15, -0.1) is 11.3 Å². The summed E-state index contributed by atoms with van der Waals surface area (Å²) in [4.78, 5) is 15.1. The Hall–Kier alpha value is -1.03. The smallest absolute Gasteiger partial charge is 0.322 e. The van der Waals surface area contributed by atoms with Crippen molar-refractivity contribution in [3.8, 4) is 0 Å². The van der Waals surface area contributed by atoms with Crippen molar-refractivity contribution in [3.05, 3.63) is 16.6 Å². The maximum atomic E-state index is 12.1. The zero-order valence-electron chi connectivity index (χ0n) is 10.2. The highest BCUT2D eigenvalue weighted by Gasteiger charge is 2.36. The molecule has 19 heavy (non-hydrogen) atoms. The van der Waals surface area contributed by atoms with Gasteiger partial charge < -0.3 is 5.11 Å². The summed E-state index contributed by atoms with van der Waals surface area (Å²) in [5, 5.41) is 11.5. The highest BCUT2D eigenvalue weighted by atomic mass is 32.2. The standard InChI is InChI=1S/C10H15N3O4S2/c14-10(15)8-3-1-2-5-13(8)19(16,17)12-7-9-11-4-6-18-9/h4,6,8,12H,1-3,5,7H2,(H,14,15). The van der Waals surface area contributed by atoms with Gasteiger partial charge in [-0.05, 0) is 19.3 Å². The van der Waals surface area contributed by atoms with Crippen molar-refractivity contribution in [3.63, 3.8) is 0 Å². The molecule has 1 atom stereocenters. The van der Waals surface area contributed by atoms with Crippen LogP contribution >= 0.6 is 11.3 Å². The predicted octanol–water partition coefficient (Wildman–Crippen LogP) is 0.417. The van der Waals surface area contributed by atoms with E-state index < -0.39 is 22.2 Å². The van der Waals surface area contributed by atoms with Crippen LogP contribution in [-0.2, 0) is 21.5 Å². The Kier molecular flexibility index (Phi) is 4.50. The maximum absolute atomic E-state index is 12.1. The Morgan fingerprint density at radius 2 is 2.37 bits per heavy atom. The highest BCUT2D eigenvalue weighted by molar-refractivity contribution is 7.87. The topological polar surface area (TPSA) is 99.6 Å². The van der Waals surface area contributed by atoms with Gasteiger partial charge in [-0.25, -0.2) is 4.98 Å². The van der Waals surface area contributed by atoms with Crippen LogP contribution in [0.2, 0.25) is 0 Å². The van der Waals surface area contributed by atoms with E-state index in [4.69, 9.17) is 5.11 Å². The first-order valence-corrected chi connectivity index (χ1v) is 8.20. The van der Waals surface area contributed by atoms with Crippen molar-refractivity contribution >= 4 is 27.5 Å². The molecule has 1 fully saturated rings. The Morgan fingerprint density at radius 1 is 1.58 bits per heavy atom. The van der Waals surface area contributed by atoms with Crippen molar-refractivity contribution in [1.29, 1.82) is 0 Å². The molecule has 0 amide bonds. The third-order valence-electron chi connectivity index (χ3n) is 2.94. The molecule has 9 heteroatoms. The van der Waals surface area contributed by atoms with Gasteiger partial charge in [-0.1, -0.05) is 0 Å². The van der Waals surface area contributed by atoms with E-state index in [1.807, 2.05) is 0 Å². The van der Waals surface area contributed by atoms with E-state index in [2.05, 4.69) is 9.71 Å². The lowest BCUT2D eigenvalue weighted by Gasteiger charge is -2.31. The number of thiazole rings is 1. The van der Waals surface area contributed by atoms with Crippen LogP contribution in [0.1, 0.15) is 24.3 Å². The van der Waals surface area contributed by atoms with E-state index >= 15 is 0 Å². The number of piperidine rings is 1. The number of hydrogen-bond donors (Lipinski definition) is 2. The molecule has 2 rings (SSSR count). The third kappa shape index (κ3) is 3.50. The van der Waals surface area contributed by atoms with Crippen molar-refractivity contribution in [2.24, 2.45) is 0 Å². The fourth-order valence-electron chi connectivity index (χ4n) is 2.02. The molecule has 106 valence electrons. The number of aliphatic carboxylic acids is 1. The van der Waals surface area contributed by atoms with E-state index in [1.54, 1.807) is 11.6 Å². The molecule has 0 bridgehead atoms. The van der Waals surface area contributed by atoms with Gasteiger partial charge in [0.05, 0.1) is 6.54 Å². The zero-order valence-corrected chi connectivity index (χ0v) is 11.8. The fourth-order valence-corrected chi connectivity index (χ4v) is 4.05. The van der Waals surface area contributed by atoms with Crippen LogP contribution in [-0.4, -0.2) is 41.4 Å². The summed E-state index contributed by atoms with van der Waals surface area (Å²) >= 11 is 1.34. The number of nitrogens with zero attached hydrogens (tertiary/aromatic N) is 2. The number of hydrogen-bond acceptors (Lipinski definition) is 5. The van der Waals surface area contributed by atoms with Gasteiger partial charge in [0, 0.05) is 18.1 Å². The molecule has 1 unspecified atom stereocenters. The Bertz CT molecular complexity index is 529. The Labute approximate surface area is 115 Å². The normalized spacial score (nSPS) is 21.4. The summed E-state index contributed by atoms with van der Waals surface area (Å²) in [7, 11) is -3.78. The fraction of sp³-hybridized carbons (Fsp3) is 0.600. The number of carboxylic acid groups (broad SMARTS) is 1. The quantitative estimate of drug-likeness (QED) is 0.821. The molecule has 0 aromatic carbocycles. The molecule has 0 aliphatic carbocycles. The van der Waals surface area contributed by atoms with Gasteiger partial charge in [0.2, 0.25) is 0 Å². The minimum absolute atomic E-state index is 0.0861. The first-order valence-electron chi connectivity index (χ1n) is 5.88. The van der Waals surface area contributed by atoms with Crippen molar-refractivity contribution in [2.75, 3.05) is 6.54 Å². The van der Waals surface area contributed by atoms with Gasteiger partial charge in [0.25, 0.3) is 10.2 Å². The molecule has 1 aliphatic heterocycles. The molecular weight excluding hydrogens is 290 g/mol. The van der Waals surface area contributed by atoms with Gasteiger partial charge in [0.15, 0.2) is 0 Å². The number of carboxylic acids is 1. The zero-order chi connectivity index (χ0) is 13.9. The second kappa shape index (κ2) is 5.95. The number of rotatable bonds is 5. The van der Waals surface area contributed by atoms with E-state index in [1.165, 1.54) is 11.3 Å². The monoisotopic (exact) mass is 305 g/mol. The van der Waals surface area contributed by atoms with Gasteiger partial charge in [0.1, 0.15) is 11.0 Å². The van der Waals surface area contributed by atoms with Gasteiger partial charge in [-0.3, -0.25) is 4.79 Å². The van der Waals surface area contributed by atoms with E-state index in [-0.39, 0.29) is 13.1 Å². The second-order valence-corrected chi connectivity index (χ2v) is 6.90. The van der Waals surface area contributed by atoms with Crippen LogP contribution in [0.3, 0.4) is 0 Å². The molecular formula is C10H15N3O4S2. The average molecular weight is 305 g/mol. The van der Waals surface area contributed by atoms with Crippen LogP contribution < -0.4 is 4.72 Å². The molecule has 2 heterocycles. The first kappa shape index (κ1) is 14.4. The lowest BCUT2D eigenvalue weighted by molar-refractivity contribution is -0.142. The van der Waals surface area contributed by atoms with Crippen LogP contribution in [0.15, 0.2) is 11.6 Å². The largest absolute Gasteiger partial charge is 0.480 e. The Balaban J connectivity index is 2.06. The summed E-state index contributed by atoms with van der Waals surface area (Å²) in [5.74, 6) is -1.10. The molecule has 7 nitrogen and oxygen atoms in total. The molecule has 0 radical (unpaired) electrons. The number of aromatic nitrogens is 1. The minimum atomic E-state index is -3.78. The van der Waals surface area contributed by atoms with Gasteiger partial charge >= 0.3 is 5.97 Å². The van der Waals surface area contributed by atoms with Crippen LogP contribution in [0.25, 0.3) is 0 Å². The summed E-state index contributed by atoms with van der Waals surface area (Å²) in [6.45, 7) is 0.326. The number of carbonyl (C=O) groups is 1. The highest BCUT2D eigenvalue weighted by Crippen LogP contribution is 2.20. The van der Waals surface area contributed by atoms with E-state index in [0.29, 0.717) is 17.8 Å². The molecule has 1 aliphatic rings. The summed E-state index contributed by atoms with van der Waals surface area (Å²) < 4.78 is 27.7. The summed E-state index contributed by atoms with van der Waals surface area (Å²) in [6, 6.07) is -0.970. The van der Waals surface area contributed by atoms with Gasteiger partial charge in [-0.2, -0.15) is 17.4 Å². The molecule has 0 saturated carbocycles. The molecule has 1 aromatic rings. The lowest BCUT2D eigenvalue weighted by atomic mass is 10.1. The predicted molar refractivity (Wildman–Crippen MR) is 69.9 cm³/mol. The maximum Gasteiger partial charge on any atom is 0.322 e. The average Bonchev–Trinajstić information content (AvgIpc) is 2.89. The van der Waals surface area contributed by atoms with Crippen LogP contribution in [0.4, 0.5) is 0 Å². The van der Waals surface area contributed by atoms with Crippen LogP contribution in [0, 0.1) is 0 Å². The Morgan fingerprint density at radius 3 is 3.00 bits per heavy atom. The van der Waals surface area contributed by atoms with E-state index in [0.717, 1.165) is 10.7 Å². The lowest BCUT2D eigenvalue weighted by Crippen LogP contribution is -2.51. The van der Waals surface area contributed by atoms with Crippen molar-refractivity contribution in [1.82, 2.24) is 14.0 Å². The minimum Gasteiger partial charge on any atom is -0.480 e. The summed E-state index contributed by atoms with van der Waals surface area (Å²) in [5.41, 5.74) is 0. The second-order valence-electron chi connectivity index (χ2n) is 4.21. The summed E-state index contributed by atoms with van der Waals surface area (Å²) in [6.07, 6.45) is 3.36. The van der Waals surface area contributed by atoms with Crippen LogP contribution in [0.5, 0.6) is 0 Å². The third-order valence-corrected chi connectivity index (χ3v) is 5.28. The van der Waals surface area contributed by atoms with Crippen molar-refractivity contribution in [2.45, 2.75) is 31.8 Å². The molecule has 2 N–H and O–H groups in total. The SMILES string of the molecule is O=C(O)C1CCCCN1S(=O)(=O)NCc1nccs1. The van der Waals surface area contributed by atoms with Crippen molar-refractivity contribution < 1.29 is 18.3 Å².